The largest absolute Gasteiger partial charge is 0.416 e. The van der Waals surface area contributed by atoms with Crippen LogP contribution in [0, 0.1) is 0 Å². The predicted octanol–water partition coefficient (Wildman–Crippen LogP) is 5.31. The van der Waals surface area contributed by atoms with Crippen LogP contribution in [0.25, 0.3) is 11.1 Å². The smallest absolute Gasteiger partial charge is 0.313 e. The number of rotatable bonds is 3. The van der Waals surface area contributed by atoms with Crippen molar-refractivity contribution < 1.29 is 13.2 Å². The molecule has 0 aromatic heterocycles. The van der Waals surface area contributed by atoms with Crippen LogP contribution in [-0.4, -0.2) is 7.05 Å². The number of nitrogens with one attached hydrogen (secondary N) is 1. The molecule has 2 aromatic carbocycles. The highest BCUT2D eigenvalue weighted by Crippen LogP contribution is 2.34. The van der Waals surface area contributed by atoms with Crippen molar-refractivity contribution in [3.8, 4) is 11.1 Å². The molecule has 0 bridgehead atoms. The molecular formula is C16H15ClF3N. The summed E-state index contributed by atoms with van der Waals surface area (Å²) in [7, 11) is 1.82. The number of hydrogen-bond acceptors (Lipinski definition) is 1. The fraction of sp³-hybridized carbons (Fsp3) is 0.250. The SMILES string of the molecule is CNC(C)c1ccc(-c2cccc(C(F)(F)F)c2)cc1Cl. The maximum absolute atomic E-state index is 12.7. The molecular weight excluding hydrogens is 299 g/mol. The Balaban J connectivity index is 2.41. The van der Waals surface area contributed by atoms with Crippen LogP contribution < -0.4 is 5.32 Å². The lowest BCUT2D eigenvalue weighted by atomic mass is 9.99. The summed E-state index contributed by atoms with van der Waals surface area (Å²) in [6.07, 6.45) is -4.35. The molecule has 0 aliphatic heterocycles. The Morgan fingerprint density at radius 3 is 2.29 bits per heavy atom. The fourth-order valence-corrected chi connectivity index (χ4v) is 2.43. The Kier molecular flexibility index (Phi) is 4.59. The highest BCUT2D eigenvalue weighted by molar-refractivity contribution is 6.31. The Morgan fingerprint density at radius 1 is 1.05 bits per heavy atom. The van der Waals surface area contributed by atoms with Crippen LogP contribution in [0.2, 0.25) is 5.02 Å². The van der Waals surface area contributed by atoms with E-state index in [-0.39, 0.29) is 6.04 Å². The molecule has 5 heteroatoms. The van der Waals surface area contributed by atoms with Crippen LogP contribution in [-0.2, 0) is 6.18 Å². The zero-order chi connectivity index (χ0) is 15.6. The topological polar surface area (TPSA) is 12.0 Å². The molecule has 0 aliphatic rings. The van der Waals surface area contributed by atoms with Gasteiger partial charge in [-0.25, -0.2) is 0 Å². The zero-order valence-electron chi connectivity index (χ0n) is 11.6. The first-order valence-electron chi connectivity index (χ1n) is 6.47. The summed E-state index contributed by atoms with van der Waals surface area (Å²) in [4.78, 5) is 0. The summed E-state index contributed by atoms with van der Waals surface area (Å²) in [6, 6.07) is 10.6. The van der Waals surface area contributed by atoms with Gasteiger partial charge in [-0.15, -0.1) is 0 Å². The van der Waals surface area contributed by atoms with E-state index >= 15 is 0 Å². The van der Waals surface area contributed by atoms with Gasteiger partial charge < -0.3 is 5.32 Å². The average molecular weight is 314 g/mol. The molecule has 2 aromatic rings. The van der Waals surface area contributed by atoms with Crippen LogP contribution >= 0.6 is 11.6 Å². The summed E-state index contributed by atoms with van der Waals surface area (Å²) in [5.74, 6) is 0. The number of alkyl halides is 3. The molecule has 2 rings (SSSR count). The quantitative estimate of drug-likeness (QED) is 0.810. The number of hydrogen-bond donors (Lipinski definition) is 1. The monoisotopic (exact) mass is 313 g/mol. The van der Waals surface area contributed by atoms with E-state index in [1.54, 1.807) is 18.2 Å². The van der Waals surface area contributed by atoms with Crippen molar-refractivity contribution in [2.75, 3.05) is 7.05 Å². The van der Waals surface area contributed by atoms with Gasteiger partial charge in [0.25, 0.3) is 0 Å². The molecule has 0 radical (unpaired) electrons. The summed E-state index contributed by atoms with van der Waals surface area (Å²) in [6.45, 7) is 1.96. The normalized spacial score (nSPS) is 13.2. The average Bonchev–Trinajstić information content (AvgIpc) is 2.45. The van der Waals surface area contributed by atoms with Gasteiger partial charge in [0.15, 0.2) is 0 Å². The van der Waals surface area contributed by atoms with Crippen molar-refractivity contribution in [3.63, 3.8) is 0 Å². The van der Waals surface area contributed by atoms with Gasteiger partial charge in [-0.2, -0.15) is 13.2 Å². The van der Waals surface area contributed by atoms with Crippen LogP contribution in [0.4, 0.5) is 13.2 Å². The van der Waals surface area contributed by atoms with Crippen LogP contribution in [0.15, 0.2) is 42.5 Å². The number of halogens is 4. The Bertz CT molecular complexity index is 638. The molecule has 0 saturated heterocycles. The zero-order valence-corrected chi connectivity index (χ0v) is 12.4. The van der Waals surface area contributed by atoms with Crippen LogP contribution in [0.5, 0.6) is 0 Å². The Morgan fingerprint density at radius 2 is 1.71 bits per heavy atom. The van der Waals surface area contributed by atoms with Crippen LogP contribution in [0.1, 0.15) is 24.1 Å². The lowest BCUT2D eigenvalue weighted by molar-refractivity contribution is -0.137. The summed E-state index contributed by atoms with van der Waals surface area (Å²) in [5.41, 5.74) is 1.41. The van der Waals surface area contributed by atoms with Crippen molar-refractivity contribution >= 4 is 11.6 Å². The first kappa shape index (κ1) is 15.9. The minimum atomic E-state index is -4.35. The van der Waals surface area contributed by atoms with Gasteiger partial charge in [-0.05, 0) is 48.9 Å². The second-order valence-electron chi connectivity index (χ2n) is 4.83. The summed E-state index contributed by atoms with van der Waals surface area (Å²) < 4.78 is 38.2. The highest BCUT2D eigenvalue weighted by atomic mass is 35.5. The molecule has 0 aliphatic carbocycles. The molecule has 112 valence electrons. The molecule has 1 atom stereocenters. The summed E-state index contributed by atoms with van der Waals surface area (Å²) in [5, 5.41) is 3.61. The molecule has 0 amide bonds. The van der Waals surface area contributed by atoms with E-state index in [1.807, 2.05) is 20.0 Å². The van der Waals surface area contributed by atoms with Gasteiger partial charge in [0.1, 0.15) is 0 Å². The van der Waals surface area contributed by atoms with Crippen molar-refractivity contribution in [2.45, 2.75) is 19.1 Å². The first-order chi connectivity index (χ1) is 9.82. The maximum atomic E-state index is 12.7. The molecule has 0 spiro atoms. The molecule has 0 heterocycles. The molecule has 1 unspecified atom stereocenters. The lowest BCUT2D eigenvalue weighted by Crippen LogP contribution is -2.12. The third-order valence-corrected chi connectivity index (χ3v) is 3.75. The summed E-state index contributed by atoms with van der Waals surface area (Å²) >= 11 is 6.22. The molecule has 0 saturated carbocycles. The van der Waals surface area contributed by atoms with E-state index in [2.05, 4.69) is 5.32 Å². The van der Waals surface area contributed by atoms with Gasteiger partial charge in [-0.1, -0.05) is 35.9 Å². The van der Waals surface area contributed by atoms with Crippen molar-refractivity contribution in [1.29, 1.82) is 0 Å². The fourth-order valence-electron chi connectivity index (χ4n) is 2.09. The third-order valence-electron chi connectivity index (χ3n) is 3.42. The predicted molar refractivity (Wildman–Crippen MR) is 79.4 cm³/mol. The standard InChI is InChI=1S/C16H15ClF3N/c1-10(21-2)14-7-6-12(9-15(14)17)11-4-3-5-13(8-11)16(18,19)20/h3-10,21H,1-2H3. The minimum Gasteiger partial charge on any atom is -0.313 e. The van der Waals surface area contributed by atoms with E-state index in [4.69, 9.17) is 11.6 Å². The van der Waals surface area contributed by atoms with E-state index in [9.17, 15) is 13.2 Å². The minimum absolute atomic E-state index is 0.0769. The first-order valence-corrected chi connectivity index (χ1v) is 6.85. The molecule has 0 fully saturated rings. The lowest BCUT2D eigenvalue weighted by Gasteiger charge is -2.14. The van der Waals surface area contributed by atoms with Gasteiger partial charge in [-0.3, -0.25) is 0 Å². The second-order valence-corrected chi connectivity index (χ2v) is 5.23. The van der Waals surface area contributed by atoms with Gasteiger partial charge in [0.05, 0.1) is 5.56 Å². The van der Waals surface area contributed by atoms with Gasteiger partial charge >= 0.3 is 6.18 Å². The van der Waals surface area contributed by atoms with E-state index < -0.39 is 11.7 Å². The molecule has 21 heavy (non-hydrogen) atoms. The maximum Gasteiger partial charge on any atom is 0.416 e. The highest BCUT2D eigenvalue weighted by Gasteiger charge is 2.30. The van der Waals surface area contributed by atoms with Crippen molar-refractivity contribution in [1.82, 2.24) is 5.32 Å². The van der Waals surface area contributed by atoms with Crippen molar-refractivity contribution in [3.05, 3.63) is 58.6 Å². The number of benzene rings is 2. The second kappa shape index (κ2) is 6.08. The van der Waals surface area contributed by atoms with Gasteiger partial charge in [0, 0.05) is 11.1 Å². The van der Waals surface area contributed by atoms with Gasteiger partial charge in [0.2, 0.25) is 0 Å². The van der Waals surface area contributed by atoms with E-state index in [0.717, 1.165) is 17.7 Å². The van der Waals surface area contributed by atoms with Crippen molar-refractivity contribution in [2.24, 2.45) is 0 Å². The molecule has 1 N–H and O–H groups in total. The van der Waals surface area contributed by atoms with Crippen LogP contribution in [0.3, 0.4) is 0 Å². The Hall–Kier alpha value is -1.52. The molecule has 1 nitrogen and oxygen atoms in total. The van der Waals surface area contributed by atoms with E-state index in [1.165, 1.54) is 6.07 Å². The third kappa shape index (κ3) is 3.57. The Labute approximate surface area is 126 Å². The van der Waals surface area contributed by atoms with E-state index in [0.29, 0.717) is 16.1 Å².